The lowest BCUT2D eigenvalue weighted by atomic mass is 9.83. The van der Waals surface area contributed by atoms with Crippen molar-refractivity contribution in [2.45, 2.75) is 57.9 Å². The number of allylic oxidation sites excluding steroid dienone is 2. The molecule has 5 unspecified atom stereocenters. The average Bonchev–Trinajstić information content (AvgIpc) is 2.99. The smallest absolute Gasteiger partial charge is 0.00698 e. The Morgan fingerprint density at radius 1 is 1.18 bits per heavy atom. The summed E-state index contributed by atoms with van der Waals surface area (Å²) in [6.07, 6.45) is 14.8. The molecule has 17 heavy (non-hydrogen) atoms. The molecule has 3 rings (SSSR count). The summed E-state index contributed by atoms with van der Waals surface area (Å²) in [5.74, 6) is 4.05. The van der Waals surface area contributed by atoms with Crippen LogP contribution in [-0.4, -0.2) is 12.6 Å². The zero-order valence-corrected chi connectivity index (χ0v) is 11.2. The molecular formula is C16H27N. The second-order valence-electron chi connectivity index (χ2n) is 6.69. The number of rotatable bonds is 4. The van der Waals surface area contributed by atoms with Gasteiger partial charge in [0.05, 0.1) is 0 Å². The molecule has 0 heterocycles. The molecule has 0 radical (unpaired) electrons. The lowest BCUT2D eigenvalue weighted by molar-refractivity contribution is 0.250. The first-order chi connectivity index (χ1) is 8.33. The molecule has 0 saturated heterocycles. The van der Waals surface area contributed by atoms with Crippen LogP contribution in [0.4, 0.5) is 0 Å². The van der Waals surface area contributed by atoms with E-state index in [9.17, 15) is 0 Å². The van der Waals surface area contributed by atoms with Crippen molar-refractivity contribution in [3.05, 3.63) is 12.2 Å². The quantitative estimate of drug-likeness (QED) is 0.729. The minimum absolute atomic E-state index is 0.760. The summed E-state index contributed by atoms with van der Waals surface area (Å²) in [5, 5.41) is 3.85. The first kappa shape index (κ1) is 11.8. The van der Waals surface area contributed by atoms with E-state index in [2.05, 4.69) is 24.4 Å². The van der Waals surface area contributed by atoms with Crippen molar-refractivity contribution in [2.75, 3.05) is 6.54 Å². The summed E-state index contributed by atoms with van der Waals surface area (Å²) in [7, 11) is 0. The molecule has 2 bridgehead atoms. The third kappa shape index (κ3) is 2.59. The fraction of sp³-hybridized carbons (Fsp3) is 0.875. The second kappa shape index (κ2) is 5.14. The van der Waals surface area contributed by atoms with Gasteiger partial charge < -0.3 is 5.32 Å². The van der Waals surface area contributed by atoms with Gasteiger partial charge in [-0.15, -0.1) is 0 Å². The molecular weight excluding hydrogens is 206 g/mol. The van der Waals surface area contributed by atoms with Crippen molar-refractivity contribution < 1.29 is 0 Å². The SMILES string of the molecule is CC(NCC1CC=CCC1)C1CC2CCC1C2. The van der Waals surface area contributed by atoms with Gasteiger partial charge in [0.15, 0.2) is 0 Å². The van der Waals surface area contributed by atoms with Crippen LogP contribution >= 0.6 is 0 Å². The zero-order chi connectivity index (χ0) is 11.7. The highest BCUT2D eigenvalue weighted by Gasteiger charge is 2.41. The van der Waals surface area contributed by atoms with Crippen LogP contribution in [0.15, 0.2) is 12.2 Å². The summed E-state index contributed by atoms with van der Waals surface area (Å²) < 4.78 is 0. The zero-order valence-electron chi connectivity index (χ0n) is 11.2. The molecule has 1 nitrogen and oxygen atoms in total. The lowest BCUT2D eigenvalue weighted by Crippen LogP contribution is -2.39. The van der Waals surface area contributed by atoms with Gasteiger partial charge in [-0.3, -0.25) is 0 Å². The highest BCUT2D eigenvalue weighted by molar-refractivity contribution is 4.95. The van der Waals surface area contributed by atoms with Crippen LogP contribution in [0.3, 0.4) is 0 Å². The first-order valence-electron chi connectivity index (χ1n) is 7.71. The van der Waals surface area contributed by atoms with Gasteiger partial charge in [-0.2, -0.15) is 0 Å². The van der Waals surface area contributed by atoms with Crippen molar-refractivity contribution >= 4 is 0 Å². The summed E-state index contributed by atoms with van der Waals surface area (Å²) in [4.78, 5) is 0. The van der Waals surface area contributed by atoms with E-state index in [1.165, 1.54) is 45.1 Å². The molecule has 1 heteroatoms. The van der Waals surface area contributed by atoms with Gasteiger partial charge in [0.25, 0.3) is 0 Å². The third-order valence-corrected chi connectivity index (χ3v) is 5.54. The van der Waals surface area contributed by atoms with Crippen LogP contribution < -0.4 is 5.32 Å². The molecule has 0 aromatic rings. The molecule has 0 aromatic heterocycles. The van der Waals surface area contributed by atoms with Crippen molar-refractivity contribution in [1.29, 1.82) is 0 Å². The fourth-order valence-electron chi connectivity index (χ4n) is 4.45. The van der Waals surface area contributed by atoms with Gasteiger partial charge in [0.1, 0.15) is 0 Å². The van der Waals surface area contributed by atoms with Gasteiger partial charge in [0.2, 0.25) is 0 Å². The van der Waals surface area contributed by atoms with E-state index in [1.807, 2.05) is 0 Å². The molecule has 0 aromatic carbocycles. The second-order valence-corrected chi connectivity index (χ2v) is 6.69. The molecule has 0 spiro atoms. The summed E-state index contributed by atoms with van der Waals surface area (Å²) in [5.41, 5.74) is 0. The van der Waals surface area contributed by atoms with Crippen LogP contribution in [0.1, 0.15) is 51.9 Å². The number of hydrogen-bond acceptors (Lipinski definition) is 1. The van der Waals surface area contributed by atoms with Gasteiger partial charge in [-0.1, -0.05) is 18.6 Å². The summed E-state index contributed by atoms with van der Waals surface area (Å²) >= 11 is 0. The van der Waals surface area contributed by atoms with Crippen LogP contribution in [0, 0.1) is 23.7 Å². The van der Waals surface area contributed by atoms with E-state index in [0.717, 1.165) is 29.7 Å². The van der Waals surface area contributed by atoms with Crippen molar-refractivity contribution in [2.24, 2.45) is 23.7 Å². The molecule has 2 saturated carbocycles. The van der Waals surface area contributed by atoms with Crippen molar-refractivity contribution in [3.63, 3.8) is 0 Å². The summed E-state index contributed by atoms with van der Waals surface area (Å²) in [6, 6.07) is 0.760. The molecule has 1 N–H and O–H groups in total. The Balaban J connectivity index is 1.44. The summed E-state index contributed by atoms with van der Waals surface area (Å²) in [6.45, 7) is 3.68. The molecule has 0 amide bonds. The number of hydrogen-bond donors (Lipinski definition) is 1. The topological polar surface area (TPSA) is 12.0 Å². The standard InChI is InChI=1S/C16H27N/c1-12(16-10-14-7-8-15(16)9-14)17-11-13-5-3-2-4-6-13/h2-3,12-17H,4-11H2,1H3. The molecule has 3 aliphatic carbocycles. The van der Waals surface area contributed by atoms with Crippen molar-refractivity contribution in [1.82, 2.24) is 5.32 Å². The largest absolute Gasteiger partial charge is 0.314 e. The monoisotopic (exact) mass is 233 g/mol. The third-order valence-electron chi connectivity index (χ3n) is 5.54. The van der Waals surface area contributed by atoms with E-state index in [1.54, 1.807) is 6.42 Å². The van der Waals surface area contributed by atoms with Crippen molar-refractivity contribution in [3.8, 4) is 0 Å². The van der Waals surface area contributed by atoms with Crippen LogP contribution in [0.5, 0.6) is 0 Å². The normalized spacial score (nSPS) is 41.9. The molecule has 96 valence electrons. The van der Waals surface area contributed by atoms with E-state index in [4.69, 9.17) is 0 Å². The Morgan fingerprint density at radius 2 is 2.12 bits per heavy atom. The maximum Gasteiger partial charge on any atom is 0.00698 e. The maximum atomic E-state index is 3.85. The Bertz CT molecular complexity index is 283. The predicted octanol–water partition coefficient (Wildman–Crippen LogP) is 3.76. The van der Waals surface area contributed by atoms with Gasteiger partial charge in [-0.05, 0) is 75.7 Å². The van der Waals surface area contributed by atoms with Crippen LogP contribution in [0.25, 0.3) is 0 Å². The molecule has 3 aliphatic rings. The highest BCUT2D eigenvalue weighted by Crippen LogP contribution is 2.49. The average molecular weight is 233 g/mol. The van der Waals surface area contributed by atoms with Gasteiger partial charge >= 0.3 is 0 Å². The highest BCUT2D eigenvalue weighted by atomic mass is 14.9. The van der Waals surface area contributed by atoms with E-state index < -0.39 is 0 Å². The van der Waals surface area contributed by atoms with Gasteiger partial charge in [-0.25, -0.2) is 0 Å². The lowest BCUT2D eigenvalue weighted by Gasteiger charge is -2.30. The van der Waals surface area contributed by atoms with E-state index >= 15 is 0 Å². The Kier molecular flexibility index (Phi) is 3.56. The molecule has 0 aliphatic heterocycles. The van der Waals surface area contributed by atoms with Crippen LogP contribution in [-0.2, 0) is 0 Å². The van der Waals surface area contributed by atoms with E-state index in [-0.39, 0.29) is 0 Å². The minimum atomic E-state index is 0.760. The fourth-order valence-corrected chi connectivity index (χ4v) is 4.45. The predicted molar refractivity (Wildman–Crippen MR) is 72.9 cm³/mol. The Morgan fingerprint density at radius 3 is 2.76 bits per heavy atom. The Labute approximate surface area is 106 Å². The molecule has 5 atom stereocenters. The van der Waals surface area contributed by atoms with E-state index in [0.29, 0.717) is 0 Å². The van der Waals surface area contributed by atoms with Crippen LogP contribution in [0.2, 0.25) is 0 Å². The maximum absolute atomic E-state index is 3.85. The van der Waals surface area contributed by atoms with Gasteiger partial charge in [0, 0.05) is 6.04 Å². The molecule has 2 fully saturated rings. The minimum Gasteiger partial charge on any atom is -0.314 e. The Hall–Kier alpha value is -0.300. The first-order valence-corrected chi connectivity index (χ1v) is 7.71. The number of fused-ring (bicyclic) bond motifs is 2. The number of nitrogens with one attached hydrogen (secondary N) is 1.